The Morgan fingerprint density at radius 2 is 1.91 bits per heavy atom. The second-order valence-corrected chi connectivity index (χ2v) is 5.22. The lowest BCUT2D eigenvalue weighted by molar-refractivity contribution is -0.127. The van der Waals surface area contributed by atoms with Gasteiger partial charge in [0, 0.05) is 0 Å². The van der Waals surface area contributed by atoms with Crippen LogP contribution in [-0.2, 0) is 9.59 Å². The molecule has 2 aromatic rings. The van der Waals surface area contributed by atoms with E-state index in [4.69, 9.17) is 4.74 Å². The van der Waals surface area contributed by atoms with Gasteiger partial charge in [-0.25, -0.2) is 0 Å². The lowest BCUT2D eigenvalue weighted by Gasteiger charge is -2.32. The number of ether oxygens (including phenoxy) is 1. The van der Waals surface area contributed by atoms with Crippen LogP contribution < -0.4 is 15.0 Å². The monoisotopic (exact) mass is 312 g/mol. The summed E-state index contributed by atoms with van der Waals surface area (Å²) in [6.45, 7) is 1.49. The number of fused-ring (bicyclic) bond motifs is 1. The number of anilines is 2. The molecule has 0 radical (unpaired) electrons. The van der Waals surface area contributed by atoms with Crippen LogP contribution in [0.2, 0.25) is 0 Å². The third-order valence-corrected chi connectivity index (χ3v) is 3.55. The second-order valence-electron chi connectivity index (χ2n) is 5.22. The van der Waals surface area contributed by atoms with E-state index < -0.39 is 12.0 Å². The molecule has 2 aromatic carbocycles. The lowest BCUT2D eigenvalue weighted by Crippen LogP contribution is -2.47. The van der Waals surface area contributed by atoms with Gasteiger partial charge >= 0.3 is 0 Å². The van der Waals surface area contributed by atoms with E-state index >= 15 is 0 Å². The number of carbonyl (C=O) groups is 2. The Morgan fingerprint density at radius 1 is 1.22 bits per heavy atom. The van der Waals surface area contributed by atoms with Crippen molar-refractivity contribution in [1.82, 2.24) is 0 Å². The van der Waals surface area contributed by atoms with E-state index in [1.165, 1.54) is 11.0 Å². The summed E-state index contributed by atoms with van der Waals surface area (Å²) in [4.78, 5) is 25.9. The van der Waals surface area contributed by atoms with Gasteiger partial charge in [0.15, 0.2) is 6.10 Å². The molecule has 0 fully saturated rings. The molecule has 1 atom stereocenters. The van der Waals surface area contributed by atoms with Crippen LogP contribution in [0.15, 0.2) is 48.5 Å². The van der Waals surface area contributed by atoms with Gasteiger partial charge < -0.3 is 15.2 Å². The van der Waals surface area contributed by atoms with Gasteiger partial charge in [0.2, 0.25) is 5.91 Å². The predicted octanol–water partition coefficient (Wildman–Crippen LogP) is 2.14. The third-order valence-electron chi connectivity index (χ3n) is 3.55. The molecule has 1 unspecified atom stereocenters. The zero-order chi connectivity index (χ0) is 16.4. The SMILES string of the molecule is CC1Oc2ccccc2N(CC(=O)Nc2ccccc2O)C1=O. The molecular weight excluding hydrogens is 296 g/mol. The number of aromatic hydroxyl groups is 1. The minimum atomic E-state index is -0.650. The maximum atomic E-state index is 12.3. The van der Waals surface area contributed by atoms with E-state index in [9.17, 15) is 14.7 Å². The van der Waals surface area contributed by atoms with Gasteiger partial charge in [-0.05, 0) is 31.2 Å². The van der Waals surface area contributed by atoms with E-state index in [1.807, 2.05) is 6.07 Å². The summed E-state index contributed by atoms with van der Waals surface area (Å²) < 4.78 is 5.53. The fraction of sp³-hybridized carbons (Fsp3) is 0.176. The number of phenolic OH excluding ortho intramolecular Hbond substituents is 1. The first kappa shape index (κ1) is 14.9. The Balaban J connectivity index is 1.80. The van der Waals surface area contributed by atoms with Crippen LogP contribution in [0.4, 0.5) is 11.4 Å². The van der Waals surface area contributed by atoms with Gasteiger partial charge in [-0.3, -0.25) is 14.5 Å². The summed E-state index contributed by atoms with van der Waals surface area (Å²) in [5.74, 6) is -0.141. The Hall–Kier alpha value is -3.02. The highest BCUT2D eigenvalue weighted by molar-refractivity contribution is 6.06. The standard InChI is InChI=1S/C17H16N2O4/c1-11-17(22)19(13-7-3-5-9-15(13)23-11)10-16(21)18-12-6-2-4-8-14(12)20/h2-9,11,20H,10H2,1H3,(H,18,21). The molecule has 1 aliphatic rings. The van der Waals surface area contributed by atoms with Crippen LogP contribution in [0.3, 0.4) is 0 Å². The second kappa shape index (κ2) is 6.00. The van der Waals surface area contributed by atoms with E-state index in [0.717, 1.165) is 0 Å². The van der Waals surface area contributed by atoms with Gasteiger partial charge in [-0.15, -0.1) is 0 Å². The molecule has 0 saturated carbocycles. The van der Waals surface area contributed by atoms with Gasteiger partial charge in [0.1, 0.15) is 18.0 Å². The normalized spacial score (nSPS) is 16.5. The molecule has 3 rings (SSSR count). The molecule has 0 aromatic heterocycles. The summed E-state index contributed by atoms with van der Waals surface area (Å²) in [7, 11) is 0. The fourth-order valence-electron chi connectivity index (χ4n) is 2.43. The summed E-state index contributed by atoms with van der Waals surface area (Å²) in [6.07, 6.45) is -0.650. The molecule has 2 amide bonds. The summed E-state index contributed by atoms with van der Waals surface area (Å²) in [6, 6.07) is 13.5. The minimum Gasteiger partial charge on any atom is -0.506 e. The zero-order valence-electron chi connectivity index (χ0n) is 12.5. The number of nitrogens with one attached hydrogen (secondary N) is 1. The van der Waals surface area contributed by atoms with Crippen molar-refractivity contribution < 1.29 is 19.4 Å². The Bertz CT molecular complexity index is 760. The van der Waals surface area contributed by atoms with Crippen LogP contribution in [0.25, 0.3) is 0 Å². The first-order valence-electron chi connectivity index (χ1n) is 7.21. The smallest absolute Gasteiger partial charge is 0.268 e. The number of amides is 2. The molecule has 1 heterocycles. The van der Waals surface area contributed by atoms with Crippen LogP contribution in [0, 0.1) is 0 Å². The summed E-state index contributed by atoms with van der Waals surface area (Å²) >= 11 is 0. The number of nitrogens with zero attached hydrogens (tertiary/aromatic N) is 1. The van der Waals surface area contributed by atoms with Crippen molar-refractivity contribution >= 4 is 23.2 Å². The summed E-state index contributed by atoms with van der Waals surface area (Å²) in [5, 5.41) is 12.3. The molecule has 0 spiro atoms. The van der Waals surface area contributed by atoms with Crippen LogP contribution in [-0.4, -0.2) is 29.6 Å². The van der Waals surface area contributed by atoms with Crippen molar-refractivity contribution in [3.63, 3.8) is 0 Å². The third kappa shape index (κ3) is 2.96. The van der Waals surface area contributed by atoms with Gasteiger partial charge in [0.05, 0.1) is 11.4 Å². The molecule has 118 valence electrons. The van der Waals surface area contributed by atoms with Crippen molar-refractivity contribution in [3.8, 4) is 11.5 Å². The predicted molar refractivity (Wildman–Crippen MR) is 85.6 cm³/mol. The summed E-state index contributed by atoms with van der Waals surface area (Å²) in [5.41, 5.74) is 0.863. The molecule has 6 heteroatoms. The zero-order valence-corrected chi connectivity index (χ0v) is 12.5. The average Bonchev–Trinajstić information content (AvgIpc) is 2.54. The van der Waals surface area contributed by atoms with Crippen LogP contribution in [0.1, 0.15) is 6.92 Å². The lowest BCUT2D eigenvalue weighted by atomic mass is 10.2. The maximum Gasteiger partial charge on any atom is 0.268 e. The average molecular weight is 312 g/mol. The number of rotatable bonds is 3. The number of benzene rings is 2. The largest absolute Gasteiger partial charge is 0.506 e. The van der Waals surface area contributed by atoms with E-state index in [-0.39, 0.29) is 18.2 Å². The molecular formula is C17H16N2O4. The van der Waals surface area contributed by atoms with Crippen molar-refractivity contribution in [2.45, 2.75) is 13.0 Å². The maximum absolute atomic E-state index is 12.3. The van der Waals surface area contributed by atoms with E-state index in [1.54, 1.807) is 43.3 Å². The fourth-order valence-corrected chi connectivity index (χ4v) is 2.43. The highest BCUT2D eigenvalue weighted by atomic mass is 16.5. The minimum absolute atomic E-state index is 0.0251. The molecule has 2 N–H and O–H groups in total. The Morgan fingerprint density at radius 3 is 2.70 bits per heavy atom. The number of hydrogen-bond acceptors (Lipinski definition) is 4. The molecule has 6 nitrogen and oxygen atoms in total. The highest BCUT2D eigenvalue weighted by Crippen LogP contribution is 2.33. The highest BCUT2D eigenvalue weighted by Gasteiger charge is 2.32. The molecule has 0 bridgehead atoms. The van der Waals surface area contributed by atoms with E-state index in [0.29, 0.717) is 17.1 Å². The first-order chi connectivity index (χ1) is 11.1. The van der Waals surface area contributed by atoms with Crippen molar-refractivity contribution in [2.24, 2.45) is 0 Å². The van der Waals surface area contributed by atoms with Crippen molar-refractivity contribution in [2.75, 3.05) is 16.8 Å². The van der Waals surface area contributed by atoms with Gasteiger partial charge in [-0.1, -0.05) is 24.3 Å². The van der Waals surface area contributed by atoms with Crippen molar-refractivity contribution in [3.05, 3.63) is 48.5 Å². The topological polar surface area (TPSA) is 78.9 Å². The Labute approximate surface area is 133 Å². The Kier molecular flexibility index (Phi) is 3.89. The first-order valence-corrected chi connectivity index (χ1v) is 7.21. The molecule has 1 aliphatic heterocycles. The van der Waals surface area contributed by atoms with Gasteiger partial charge in [0.25, 0.3) is 5.91 Å². The number of phenols is 1. The van der Waals surface area contributed by atoms with Gasteiger partial charge in [-0.2, -0.15) is 0 Å². The number of carbonyl (C=O) groups excluding carboxylic acids is 2. The van der Waals surface area contributed by atoms with Crippen molar-refractivity contribution in [1.29, 1.82) is 0 Å². The molecule has 0 saturated heterocycles. The van der Waals surface area contributed by atoms with Crippen LogP contribution in [0.5, 0.6) is 11.5 Å². The molecule has 23 heavy (non-hydrogen) atoms. The quantitative estimate of drug-likeness (QED) is 0.851. The van der Waals surface area contributed by atoms with Crippen LogP contribution >= 0.6 is 0 Å². The molecule has 0 aliphatic carbocycles. The number of hydrogen-bond donors (Lipinski definition) is 2. The van der Waals surface area contributed by atoms with E-state index in [2.05, 4.69) is 5.32 Å². The number of para-hydroxylation sites is 4.